The summed E-state index contributed by atoms with van der Waals surface area (Å²) in [5.41, 5.74) is 1.28. The van der Waals surface area contributed by atoms with Gasteiger partial charge in [-0.1, -0.05) is 41.4 Å². The molecule has 0 saturated carbocycles. The molecule has 5 heteroatoms. The van der Waals surface area contributed by atoms with E-state index in [4.69, 9.17) is 27.9 Å². The van der Waals surface area contributed by atoms with Crippen molar-refractivity contribution in [3.8, 4) is 11.5 Å². The number of para-hydroxylation sites is 1. The molecule has 0 aliphatic carbocycles. The molecule has 1 aromatic heterocycles. The van der Waals surface area contributed by atoms with Crippen molar-refractivity contribution in [2.24, 2.45) is 0 Å². The standard InChI is InChI=1S/C16H11Cl2NO2/c17-12-5-3-7-14(16(12)18)21-15-8-10(9-20)19-13-6-2-1-4-11(13)15/h1-8,20H,9H2. The minimum atomic E-state index is -0.162. The van der Waals surface area contributed by atoms with E-state index < -0.39 is 0 Å². The average Bonchev–Trinajstić information content (AvgIpc) is 2.51. The summed E-state index contributed by atoms with van der Waals surface area (Å²) in [7, 11) is 0. The summed E-state index contributed by atoms with van der Waals surface area (Å²) in [4.78, 5) is 4.35. The lowest BCUT2D eigenvalue weighted by atomic mass is 10.2. The summed E-state index contributed by atoms with van der Waals surface area (Å²) in [6.07, 6.45) is 0. The van der Waals surface area contributed by atoms with E-state index in [9.17, 15) is 5.11 Å². The van der Waals surface area contributed by atoms with E-state index in [0.717, 1.165) is 10.9 Å². The average molecular weight is 320 g/mol. The van der Waals surface area contributed by atoms with Crippen molar-refractivity contribution >= 4 is 34.1 Å². The Morgan fingerprint density at radius 2 is 1.81 bits per heavy atom. The van der Waals surface area contributed by atoms with Crippen molar-refractivity contribution in [2.75, 3.05) is 0 Å². The molecule has 0 amide bonds. The van der Waals surface area contributed by atoms with Crippen molar-refractivity contribution in [1.82, 2.24) is 4.98 Å². The number of aliphatic hydroxyl groups excluding tert-OH is 1. The van der Waals surface area contributed by atoms with Crippen molar-refractivity contribution in [3.05, 3.63) is 64.3 Å². The third-order valence-corrected chi connectivity index (χ3v) is 3.83. The van der Waals surface area contributed by atoms with Gasteiger partial charge in [-0.2, -0.15) is 0 Å². The number of nitrogens with zero attached hydrogens (tertiary/aromatic N) is 1. The maximum atomic E-state index is 9.32. The van der Waals surface area contributed by atoms with Gasteiger partial charge in [0.1, 0.15) is 16.5 Å². The second-order valence-corrected chi connectivity index (χ2v) is 5.23. The van der Waals surface area contributed by atoms with Crippen molar-refractivity contribution in [1.29, 1.82) is 0 Å². The number of fused-ring (bicyclic) bond motifs is 1. The molecule has 0 unspecified atom stereocenters. The zero-order valence-corrected chi connectivity index (χ0v) is 12.4. The Morgan fingerprint density at radius 1 is 1.00 bits per heavy atom. The van der Waals surface area contributed by atoms with Gasteiger partial charge >= 0.3 is 0 Å². The minimum Gasteiger partial charge on any atom is -0.455 e. The number of rotatable bonds is 3. The Balaban J connectivity index is 2.13. The van der Waals surface area contributed by atoms with Gasteiger partial charge in [0.2, 0.25) is 0 Å². The van der Waals surface area contributed by atoms with Crippen LogP contribution in [0.5, 0.6) is 11.5 Å². The van der Waals surface area contributed by atoms with Crippen LogP contribution in [0.3, 0.4) is 0 Å². The summed E-state index contributed by atoms with van der Waals surface area (Å²) in [5.74, 6) is 1.04. The number of ether oxygens (including phenoxy) is 1. The molecule has 1 N–H and O–H groups in total. The number of benzene rings is 2. The summed E-state index contributed by atoms with van der Waals surface area (Å²) < 4.78 is 5.88. The van der Waals surface area contributed by atoms with E-state index in [2.05, 4.69) is 4.98 Å². The van der Waals surface area contributed by atoms with E-state index in [1.807, 2.05) is 24.3 Å². The van der Waals surface area contributed by atoms with Gasteiger partial charge in [-0.25, -0.2) is 0 Å². The molecule has 0 saturated heterocycles. The van der Waals surface area contributed by atoms with E-state index >= 15 is 0 Å². The van der Waals surface area contributed by atoms with Crippen LogP contribution < -0.4 is 4.74 Å². The summed E-state index contributed by atoms with van der Waals surface area (Å²) in [5, 5.41) is 10.9. The predicted molar refractivity (Wildman–Crippen MR) is 84.2 cm³/mol. The Labute approximate surface area is 131 Å². The number of hydrogen-bond acceptors (Lipinski definition) is 3. The number of halogens is 2. The SMILES string of the molecule is OCc1cc(Oc2cccc(Cl)c2Cl)c2ccccc2n1. The molecule has 0 radical (unpaired) electrons. The molecule has 3 aromatic rings. The van der Waals surface area contributed by atoms with Crippen LogP contribution >= 0.6 is 23.2 Å². The fraction of sp³-hybridized carbons (Fsp3) is 0.0625. The zero-order chi connectivity index (χ0) is 14.8. The van der Waals surface area contributed by atoms with Crippen LogP contribution in [0.15, 0.2) is 48.5 Å². The highest BCUT2D eigenvalue weighted by Crippen LogP contribution is 2.37. The summed E-state index contributed by atoms with van der Waals surface area (Å²) in [6, 6.07) is 14.4. The van der Waals surface area contributed by atoms with E-state index in [1.54, 1.807) is 24.3 Å². The monoisotopic (exact) mass is 319 g/mol. The smallest absolute Gasteiger partial charge is 0.147 e. The van der Waals surface area contributed by atoms with Gasteiger partial charge in [0.25, 0.3) is 0 Å². The number of pyridine rings is 1. The van der Waals surface area contributed by atoms with E-state index in [0.29, 0.717) is 27.2 Å². The predicted octanol–water partition coefficient (Wildman–Crippen LogP) is 4.83. The Morgan fingerprint density at radius 3 is 2.62 bits per heavy atom. The molecule has 2 aromatic carbocycles. The van der Waals surface area contributed by atoms with Crippen LogP contribution in [0.1, 0.15) is 5.69 Å². The quantitative estimate of drug-likeness (QED) is 0.752. The third kappa shape index (κ3) is 2.81. The fourth-order valence-corrected chi connectivity index (χ4v) is 2.37. The van der Waals surface area contributed by atoms with Crippen LogP contribution in [0.2, 0.25) is 10.0 Å². The first-order valence-corrected chi connectivity index (χ1v) is 7.06. The summed E-state index contributed by atoms with van der Waals surface area (Å²) in [6.45, 7) is -0.162. The van der Waals surface area contributed by atoms with Gasteiger partial charge in [0, 0.05) is 11.5 Å². The second kappa shape index (κ2) is 5.90. The van der Waals surface area contributed by atoms with Gasteiger partial charge in [0.05, 0.1) is 22.8 Å². The molecule has 0 bridgehead atoms. The molecule has 21 heavy (non-hydrogen) atoms. The highest BCUT2D eigenvalue weighted by Gasteiger charge is 2.11. The van der Waals surface area contributed by atoms with Gasteiger partial charge < -0.3 is 9.84 Å². The van der Waals surface area contributed by atoms with Crippen LogP contribution in [-0.2, 0) is 6.61 Å². The van der Waals surface area contributed by atoms with Gasteiger partial charge in [-0.05, 0) is 24.3 Å². The van der Waals surface area contributed by atoms with E-state index in [1.165, 1.54) is 0 Å². The molecule has 106 valence electrons. The minimum absolute atomic E-state index is 0.162. The molecule has 0 fully saturated rings. The highest BCUT2D eigenvalue weighted by atomic mass is 35.5. The number of aliphatic hydroxyl groups is 1. The molecule has 1 heterocycles. The molecule has 0 atom stereocenters. The number of aromatic nitrogens is 1. The lowest BCUT2D eigenvalue weighted by Gasteiger charge is -2.12. The fourth-order valence-electron chi connectivity index (χ4n) is 2.04. The van der Waals surface area contributed by atoms with Crippen LogP contribution in [0, 0.1) is 0 Å². The van der Waals surface area contributed by atoms with Crippen molar-refractivity contribution in [3.63, 3.8) is 0 Å². The molecular formula is C16H11Cl2NO2. The van der Waals surface area contributed by atoms with Crippen LogP contribution in [0.25, 0.3) is 10.9 Å². The first kappa shape index (κ1) is 14.1. The maximum absolute atomic E-state index is 9.32. The molecule has 0 spiro atoms. The molecule has 0 aliphatic rings. The number of hydrogen-bond donors (Lipinski definition) is 1. The van der Waals surface area contributed by atoms with Crippen molar-refractivity contribution in [2.45, 2.75) is 6.61 Å². The normalized spacial score (nSPS) is 10.8. The van der Waals surface area contributed by atoms with Gasteiger partial charge in [-0.15, -0.1) is 0 Å². The van der Waals surface area contributed by atoms with Crippen molar-refractivity contribution < 1.29 is 9.84 Å². The van der Waals surface area contributed by atoms with E-state index in [-0.39, 0.29) is 6.61 Å². The Hall–Kier alpha value is -1.81. The van der Waals surface area contributed by atoms with Gasteiger partial charge in [-0.3, -0.25) is 4.98 Å². The topological polar surface area (TPSA) is 42.4 Å². The Kier molecular flexibility index (Phi) is 3.97. The summed E-state index contributed by atoms with van der Waals surface area (Å²) >= 11 is 12.1. The Bertz CT molecular complexity index is 805. The first-order valence-electron chi connectivity index (χ1n) is 6.30. The second-order valence-electron chi connectivity index (χ2n) is 4.44. The molecule has 3 nitrogen and oxygen atoms in total. The van der Waals surface area contributed by atoms with Gasteiger partial charge in [0.15, 0.2) is 0 Å². The molecular weight excluding hydrogens is 309 g/mol. The third-order valence-electron chi connectivity index (χ3n) is 3.03. The first-order chi connectivity index (χ1) is 10.2. The lowest BCUT2D eigenvalue weighted by molar-refractivity contribution is 0.277. The van der Waals surface area contributed by atoms with Crippen LogP contribution in [-0.4, -0.2) is 10.1 Å². The van der Waals surface area contributed by atoms with Crippen LogP contribution in [0.4, 0.5) is 0 Å². The molecule has 3 rings (SSSR count). The zero-order valence-electron chi connectivity index (χ0n) is 10.9. The largest absolute Gasteiger partial charge is 0.455 e. The lowest BCUT2D eigenvalue weighted by Crippen LogP contribution is -1.94. The maximum Gasteiger partial charge on any atom is 0.147 e. The highest BCUT2D eigenvalue weighted by molar-refractivity contribution is 6.42. The molecule has 0 aliphatic heterocycles.